The van der Waals surface area contributed by atoms with E-state index in [1.54, 1.807) is 0 Å². The van der Waals surface area contributed by atoms with E-state index in [0.29, 0.717) is 5.92 Å². The molecule has 0 bridgehead atoms. The van der Waals surface area contributed by atoms with Crippen LogP contribution in [0.2, 0.25) is 0 Å². The number of imidazole rings is 1. The van der Waals surface area contributed by atoms with Gasteiger partial charge in [-0.25, -0.2) is 4.98 Å². The molecule has 0 radical (unpaired) electrons. The van der Waals surface area contributed by atoms with E-state index >= 15 is 0 Å². The van der Waals surface area contributed by atoms with Gasteiger partial charge >= 0.3 is 0 Å². The Morgan fingerprint density at radius 3 is 3.06 bits per heavy atom. The van der Waals surface area contributed by atoms with Gasteiger partial charge in [-0.05, 0) is 37.8 Å². The fraction of sp³-hybridized carbons (Fsp3) is 0.462. The molecule has 0 aromatic carbocycles. The number of nitrogens with zero attached hydrogens (tertiary/aromatic N) is 2. The molecule has 0 spiro atoms. The Kier molecular flexibility index (Phi) is 2.13. The average molecular weight is 216 g/mol. The van der Waals surface area contributed by atoms with E-state index in [-0.39, 0.29) is 0 Å². The SMILES string of the molecule is Cc1ccc(-c2ncc3n2CCCC3C)o1. The minimum absolute atomic E-state index is 0.617. The molecule has 0 saturated carbocycles. The molecule has 3 rings (SSSR count). The first-order valence-electron chi connectivity index (χ1n) is 5.88. The molecule has 3 heteroatoms. The summed E-state index contributed by atoms with van der Waals surface area (Å²) in [4.78, 5) is 4.50. The monoisotopic (exact) mass is 216 g/mol. The van der Waals surface area contributed by atoms with Gasteiger partial charge < -0.3 is 8.98 Å². The quantitative estimate of drug-likeness (QED) is 0.732. The van der Waals surface area contributed by atoms with Crippen LogP contribution in [-0.4, -0.2) is 9.55 Å². The molecule has 1 aliphatic heterocycles. The number of rotatable bonds is 1. The van der Waals surface area contributed by atoms with Crippen molar-refractivity contribution in [2.24, 2.45) is 0 Å². The second-order valence-electron chi connectivity index (χ2n) is 4.61. The highest BCUT2D eigenvalue weighted by molar-refractivity contribution is 5.49. The molecule has 2 aromatic heterocycles. The van der Waals surface area contributed by atoms with Crippen LogP contribution in [0.5, 0.6) is 0 Å². The maximum absolute atomic E-state index is 5.65. The molecule has 0 fully saturated rings. The summed E-state index contributed by atoms with van der Waals surface area (Å²) in [5.74, 6) is 3.43. The third-order valence-electron chi connectivity index (χ3n) is 3.37. The highest BCUT2D eigenvalue weighted by Crippen LogP contribution is 2.31. The Labute approximate surface area is 95.1 Å². The second-order valence-corrected chi connectivity index (χ2v) is 4.61. The van der Waals surface area contributed by atoms with Crippen molar-refractivity contribution in [1.82, 2.24) is 9.55 Å². The number of furan rings is 1. The van der Waals surface area contributed by atoms with Crippen LogP contribution >= 0.6 is 0 Å². The molecule has 3 nitrogen and oxygen atoms in total. The van der Waals surface area contributed by atoms with Crippen LogP contribution < -0.4 is 0 Å². The molecule has 0 aliphatic carbocycles. The summed E-state index contributed by atoms with van der Waals surface area (Å²) in [6.07, 6.45) is 4.50. The summed E-state index contributed by atoms with van der Waals surface area (Å²) in [5, 5.41) is 0. The molecule has 3 heterocycles. The van der Waals surface area contributed by atoms with Gasteiger partial charge in [0, 0.05) is 18.4 Å². The summed E-state index contributed by atoms with van der Waals surface area (Å²) < 4.78 is 7.94. The highest BCUT2D eigenvalue weighted by Gasteiger charge is 2.21. The lowest BCUT2D eigenvalue weighted by atomic mass is 9.99. The van der Waals surface area contributed by atoms with Gasteiger partial charge in [-0.2, -0.15) is 0 Å². The summed E-state index contributed by atoms with van der Waals surface area (Å²) in [6.45, 7) is 5.30. The molecule has 16 heavy (non-hydrogen) atoms. The van der Waals surface area contributed by atoms with Crippen LogP contribution in [0.25, 0.3) is 11.6 Å². The van der Waals surface area contributed by atoms with E-state index < -0.39 is 0 Å². The van der Waals surface area contributed by atoms with Crippen molar-refractivity contribution < 1.29 is 4.42 Å². The number of hydrogen-bond acceptors (Lipinski definition) is 2. The van der Waals surface area contributed by atoms with Gasteiger partial charge in [0.2, 0.25) is 0 Å². The smallest absolute Gasteiger partial charge is 0.176 e. The van der Waals surface area contributed by atoms with E-state index in [2.05, 4.69) is 16.5 Å². The van der Waals surface area contributed by atoms with Crippen molar-refractivity contribution >= 4 is 0 Å². The third kappa shape index (κ3) is 1.39. The van der Waals surface area contributed by atoms with Gasteiger partial charge in [-0.15, -0.1) is 0 Å². The first-order valence-corrected chi connectivity index (χ1v) is 5.88. The third-order valence-corrected chi connectivity index (χ3v) is 3.37. The zero-order valence-corrected chi connectivity index (χ0v) is 9.73. The Hall–Kier alpha value is -1.51. The van der Waals surface area contributed by atoms with Gasteiger partial charge in [0.1, 0.15) is 5.76 Å². The summed E-state index contributed by atoms with van der Waals surface area (Å²) in [6, 6.07) is 3.99. The topological polar surface area (TPSA) is 31.0 Å². The largest absolute Gasteiger partial charge is 0.458 e. The minimum Gasteiger partial charge on any atom is -0.458 e. The first-order chi connectivity index (χ1) is 7.75. The molecule has 2 aromatic rings. The second kappa shape index (κ2) is 3.51. The van der Waals surface area contributed by atoms with Gasteiger partial charge in [0.15, 0.2) is 11.6 Å². The minimum atomic E-state index is 0.617. The van der Waals surface area contributed by atoms with E-state index in [1.165, 1.54) is 18.5 Å². The summed E-state index contributed by atoms with van der Waals surface area (Å²) in [5.41, 5.74) is 1.34. The Balaban J connectivity index is 2.09. The Morgan fingerprint density at radius 1 is 1.44 bits per heavy atom. The predicted molar refractivity (Wildman–Crippen MR) is 62.3 cm³/mol. The first kappa shape index (κ1) is 9.70. The lowest BCUT2D eigenvalue weighted by Crippen LogP contribution is -2.13. The number of hydrogen-bond donors (Lipinski definition) is 0. The van der Waals surface area contributed by atoms with Crippen LogP contribution in [-0.2, 0) is 6.54 Å². The van der Waals surface area contributed by atoms with Crippen molar-refractivity contribution in [2.75, 3.05) is 0 Å². The molecule has 1 unspecified atom stereocenters. The number of aryl methyl sites for hydroxylation is 1. The van der Waals surface area contributed by atoms with Crippen LogP contribution in [0.1, 0.15) is 37.1 Å². The van der Waals surface area contributed by atoms with E-state index in [9.17, 15) is 0 Å². The molecular weight excluding hydrogens is 200 g/mol. The highest BCUT2D eigenvalue weighted by atomic mass is 16.3. The van der Waals surface area contributed by atoms with E-state index in [4.69, 9.17) is 4.42 Å². The molecule has 0 N–H and O–H groups in total. The van der Waals surface area contributed by atoms with Crippen molar-refractivity contribution in [1.29, 1.82) is 0 Å². The van der Waals surface area contributed by atoms with E-state index in [0.717, 1.165) is 23.9 Å². The van der Waals surface area contributed by atoms with Gasteiger partial charge in [0.25, 0.3) is 0 Å². The fourth-order valence-electron chi connectivity index (χ4n) is 2.47. The van der Waals surface area contributed by atoms with Crippen molar-refractivity contribution in [2.45, 2.75) is 39.2 Å². The van der Waals surface area contributed by atoms with Crippen LogP contribution in [0, 0.1) is 6.92 Å². The van der Waals surface area contributed by atoms with Gasteiger partial charge in [0.05, 0.1) is 0 Å². The van der Waals surface area contributed by atoms with Crippen molar-refractivity contribution in [3.05, 3.63) is 29.8 Å². The molecule has 1 aliphatic rings. The molecule has 0 saturated heterocycles. The van der Waals surface area contributed by atoms with Crippen LogP contribution in [0.3, 0.4) is 0 Å². The zero-order chi connectivity index (χ0) is 11.1. The summed E-state index contributed by atoms with van der Waals surface area (Å²) >= 11 is 0. The standard InChI is InChI=1S/C13H16N2O/c1-9-4-3-7-15-11(9)8-14-13(15)12-6-5-10(2)16-12/h5-6,8-9H,3-4,7H2,1-2H3. The molecule has 84 valence electrons. The Morgan fingerprint density at radius 2 is 2.31 bits per heavy atom. The Bertz CT molecular complexity index is 510. The lowest BCUT2D eigenvalue weighted by molar-refractivity contribution is 0.470. The predicted octanol–water partition coefficient (Wildman–Crippen LogP) is 3.35. The maximum Gasteiger partial charge on any atom is 0.176 e. The van der Waals surface area contributed by atoms with Crippen LogP contribution in [0.15, 0.2) is 22.7 Å². The number of fused-ring (bicyclic) bond motifs is 1. The number of aromatic nitrogens is 2. The average Bonchev–Trinajstić information content (AvgIpc) is 2.84. The zero-order valence-electron chi connectivity index (χ0n) is 9.73. The van der Waals surface area contributed by atoms with Crippen LogP contribution in [0.4, 0.5) is 0 Å². The van der Waals surface area contributed by atoms with E-state index in [1.807, 2.05) is 25.3 Å². The molecule has 0 amide bonds. The summed E-state index contributed by atoms with van der Waals surface area (Å²) in [7, 11) is 0. The molecule has 1 atom stereocenters. The lowest BCUT2D eigenvalue weighted by Gasteiger charge is -2.21. The van der Waals surface area contributed by atoms with Crippen molar-refractivity contribution in [3.63, 3.8) is 0 Å². The normalized spacial score (nSPS) is 19.8. The fourth-order valence-corrected chi connectivity index (χ4v) is 2.47. The maximum atomic E-state index is 5.65. The van der Waals surface area contributed by atoms with Crippen molar-refractivity contribution in [3.8, 4) is 11.6 Å². The van der Waals surface area contributed by atoms with Gasteiger partial charge in [-0.3, -0.25) is 0 Å². The molecular formula is C13H16N2O. The van der Waals surface area contributed by atoms with Gasteiger partial charge in [-0.1, -0.05) is 6.92 Å².